The van der Waals surface area contributed by atoms with Gasteiger partial charge in [-0.25, -0.2) is 0 Å². The number of anilines is 1. The number of hydrogen-bond acceptors (Lipinski definition) is 7. The number of carbonyl (C=O) groups excluding carboxylic acids is 2. The zero-order valence-corrected chi connectivity index (χ0v) is 18.4. The molecule has 3 rings (SSSR count). The van der Waals surface area contributed by atoms with Gasteiger partial charge in [0.25, 0.3) is 11.8 Å². The van der Waals surface area contributed by atoms with Gasteiger partial charge in [-0.3, -0.25) is 9.59 Å². The Kier molecular flexibility index (Phi) is 7.67. The lowest BCUT2D eigenvalue weighted by molar-refractivity contribution is -0.124. The SMILES string of the molecule is CCOc1cc(/C=N/N2C(=O)CSC2=S)ccc1OCC(=O)Nc1cccc(Cl)c1. The van der Waals surface area contributed by atoms with Crippen molar-refractivity contribution in [1.29, 1.82) is 0 Å². The molecule has 1 heterocycles. The maximum atomic E-state index is 12.2. The molecule has 0 saturated carbocycles. The quantitative estimate of drug-likeness (QED) is 0.471. The molecule has 7 nitrogen and oxygen atoms in total. The maximum Gasteiger partial charge on any atom is 0.262 e. The molecule has 156 valence electrons. The number of hydrogen-bond donors (Lipinski definition) is 1. The van der Waals surface area contributed by atoms with Gasteiger partial charge >= 0.3 is 0 Å². The molecule has 1 aliphatic heterocycles. The van der Waals surface area contributed by atoms with Crippen molar-refractivity contribution in [3.05, 3.63) is 53.1 Å². The van der Waals surface area contributed by atoms with E-state index in [-0.39, 0.29) is 18.4 Å². The van der Waals surface area contributed by atoms with Crippen LogP contribution in [0.25, 0.3) is 0 Å². The van der Waals surface area contributed by atoms with Crippen molar-refractivity contribution >= 4 is 63.6 Å². The molecule has 2 amide bonds. The fourth-order valence-corrected chi connectivity index (χ4v) is 3.64. The van der Waals surface area contributed by atoms with Crippen LogP contribution in [0.3, 0.4) is 0 Å². The van der Waals surface area contributed by atoms with Crippen LogP contribution in [-0.2, 0) is 9.59 Å². The number of hydrazone groups is 1. The largest absolute Gasteiger partial charge is 0.490 e. The van der Waals surface area contributed by atoms with Crippen molar-refractivity contribution in [2.24, 2.45) is 5.10 Å². The van der Waals surface area contributed by atoms with Gasteiger partial charge in [0.2, 0.25) is 0 Å². The molecule has 30 heavy (non-hydrogen) atoms. The van der Waals surface area contributed by atoms with Crippen LogP contribution in [0.5, 0.6) is 11.5 Å². The minimum absolute atomic E-state index is 0.156. The van der Waals surface area contributed by atoms with Crippen LogP contribution in [0, 0.1) is 0 Å². The molecule has 10 heteroatoms. The molecule has 0 aliphatic carbocycles. The summed E-state index contributed by atoms with van der Waals surface area (Å²) >= 11 is 12.3. The topological polar surface area (TPSA) is 80.2 Å². The van der Waals surface area contributed by atoms with Gasteiger partial charge in [-0.15, -0.1) is 0 Å². The summed E-state index contributed by atoms with van der Waals surface area (Å²) < 4.78 is 11.7. The molecular weight excluding hydrogens is 446 g/mol. The molecule has 1 N–H and O–H groups in total. The number of ether oxygens (including phenoxy) is 2. The van der Waals surface area contributed by atoms with Crippen molar-refractivity contribution in [2.45, 2.75) is 6.92 Å². The average molecular weight is 464 g/mol. The predicted molar refractivity (Wildman–Crippen MR) is 123 cm³/mol. The summed E-state index contributed by atoms with van der Waals surface area (Å²) in [5, 5.41) is 8.58. The van der Waals surface area contributed by atoms with E-state index in [1.54, 1.807) is 42.5 Å². The first kappa shape index (κ1) is 22.1. The highest BCUT2D eigenvalue weighted by atomic mass is 35.5. The highest BCUT2D eigenvalue weighted by Crippen LogP contribution is 2.28. The van der Waals surface area contributed by atoms with Crippen LogP contribution in [0.4, 0.5) is 5.69 Å². The summed E-state index contributed by atoms with van der Waals surface area (Å²) in [6, 6.07) is 12.0. The molecule has 0 spiro atoms. The smallest absolute Gasteiger partial charge is 0.262 e. The number of thiocarbonyl (C=S) groups is 1. The van der Waals surface area contributed by atoms with Crippen molar-refractivity contribution in [3.8, 4) is 11.5 Å². The minimum Gasteiger partial charge on any atom is -0.490 e. The van der Waals surface area contributed by atoms with Gasteiger partial charge in [-0.05, 0) is 48.9 Å². The highest BCUT2D eigenvalue weighted by Gasteiger charge is 2.26. The molecule has 0 aromatic heterocycles. The van der Waals surface area contributed by atoms with Crippen LogP contribution in [-0.4, -0.2) is 46.3 Å². The molecule has 1 aliphatic rings. The summed E-state index contributed by atoms with van der Waals surface area (Å²) in [5.74, 6) is 0.686. The summed E-state index contributed by atoms with van der Waals surface area (Å²) in [6.07, 6.45) is 1.52. The van der Waals surface area contributed by atoms with Gasteiger partial charge in [-0.2, -0.15) is 10.1 Å². The molecule has 0 unspecified atom stereocenters. The van der Waals surface area contributed by atoms with Gasteiger partial charge < -0.3 is 14.8 Å². The van der Waals surface area contributed by atoms with Gasteiger partial charge in [-0.1, -0.05) is 41.6 Å². The van der Waals surface area contributed by atoms with E-state index in [4.69, 9.17) is 33.3 Å². The molecular formula is C20H18ClN3O4S2. The molecule has 0 radical (unpaired) electrons. The van der Waals surface area contributed by atoms with Crippen LogP contribution in [0.1, 0.15) is 12.5 Å². The Morgan fingerprint density at radius 3 is 2.83 bits per heavy atom. The standard InChI is InChI=1S/C20H18ClN3O4S2/c1-2-27-17-8-13(10-22-24-19(26)12-30-20(24)29)6-7-16(17)28-11-18(25)23-15-5-3-4-14(21)9-15/h3-10H,2,11-12H2,1H3,(H,23,25)/b22-10+. The van der Waals surface area contributed by atoms with Crippen molar-refractivity contribution in [3.63, 3.8) is 0 Å². The highest BCUT2D eigenvalue weighted by molar-refractivity contribution is 8.23. The number of halogens is 1. The molecule has 1 fully saturated rings. The minimum atomic E-state index is -0.330. The van der Waals surface area contributed by atoms with Crippen LogP contribution in [0.15, 0.2) is 47.6 Å². The summed E-state index contributed by atoms with van der Waals surface area (Å²) in [6.45, 7) is 2.06. The molecule has 0 bridgehead atoms. The Hall–Kier alpha value is -2.62. The average Bonchev–Trinajstić information content (AvgIpc) is 3.03. The van der Waals surface area contributed by atoms with E-state index < -0.39 is 0 Å². The number of carbonyl (C=O) groups is 2. The maximum absolute atomic E-state index is 12.2. The lowest BCUT2D eigenvalue weighted by Crippen LogP contribution is -2.22. The van der Waals surface area contributed by atoms with Gasteiger partial charge in [0.05, 0.1) is 18.6 Å². The van der Waals surface area contributed by atoms with E-state index in [1.165, 1.54) is 23.0 Å². The number of nitrogens with zero attached hydrogens (tertiary/aromatic N) is 2. The third-order valence-electron chi connectivity index (χ3n) is 3.79. The predicted octanol–water partition coefficient (Wildman–Crippen LogP) is 3.95. The number of nitrogens with one attached hydrogen (secondary N) is 1. The fraction of sp³-hybridized carbons (Fsp3) is 0.200. The first-order valence-electron chi connectivity index (χ1n) is 8.95. The Balaban J connectivity index is 1.65. The normalized spacial score (nSPS) is 13.7. The van der Waals surface area contributed by atoms with Crippen LogP contribution >= 0.6 is 35.6 Å². The zero-order valence-electron chi connectivity index (χ0n) is 16.0. The van der Waals surface area contributed by atoms with Crippen LogP contribution < -0.4 is 14.8 Å². The second kappa shape index (κ2) is 10.4. The Morgan fingerprint density at radius 2 is 2.13 bits per heavy atom. The Labute approximate surface area is 188 Å². The van der Waals surface area contributed by atoms with Crippen molar-refractivity contribution < 1.29 is 19.1 Å². The van der Waals surface area contributed by atoms with E-state index in [2.05, 4.69) is 10.4 Å². The van der Waals surface area contributed by atoms with Gasteiger partial charge in [0.1, 0.15) is 0 Å². The lowest BCUT2D eigenvalue weighted by Gasteiger charge is -2.13. The van der Waals surface area contributed by atoms with E-state index in [0.29, 0.717) is 44.5 Å². The van der Waals surface area contributed by atoms with E-state index in [1.807, 2.05) is 6.92 Å². The Bertz CT molecular complexity index is 984. The monoisotopic (exact) mass is 463 g/mol. The molecule has 0 atom stereocenters. The van der Waals surface area contributed by atoms with Gasteiger partial charge in [0, 0.05) is 10.7 Å². The van der Waals surface area contributed by atoms with Crippen LogP contribution in [0.2, 0.25) is 5.02 Å². The summed E-state index contributed by atoms with van der Waals surface area (Å²) in [4.78, 5) is 23.9. The third-order valence-corrected chi connectivity index (χ3v) is 5.36. The first-order chi connectivity index (χ1) is 14.5. The lowest BCUT2D eigenvalue weighted by atomic mass is 10.2. The van der Waals surface area contributed by atoms with E-state index in [0.717, 1.165) is 0 Å². The summed E-state index contributed by atoms with van der Waals surface area (Å²) in [7, 11) is 0. The van der Waals surface area contributed by atoms with Gasteiger partial charge in [0.15, 0.2) is 22.4 Å². The third kappa shape index (κ3) is 5.94. The van der Waals surface area contributed by atoms with Crippen molar-refractivity contribution in [2.75, 3.05) is 24.3 Å². The number of amides is 2. The molecule has 2 aromatic rings. The fourth-order valence-electron chi connectivity index (χ4n) is 2.48. The number of benzene rings is 2. The Morgan fingerprint density at radius 1 is 1.30 bits per heavy atom. The van der Waals surface area contributed by atoms with E-state index >= 15 is 0 Å². The molecule has 1 saturated heterocycles. The molecule has 2 aromatic carbocycles. The first-order valence-corrected chi connectivity index (χ1v) is 10.7. The second-order valence-electron chi connectivity index (χ2n) is 5.99. The number of rotatable bonds is 8. The zero-order chi connectivity index (χ0) is 21.5. The van der Waals surface area contributed by atoms with E-state index in [9.17, 15) is 9.59 Å². The number of thioether (sulfide) groups is 1. The second-order valence-corrected chi connectivity index (χ2v) is 8.04. The van der Waals surface area contributed by atoms with Crippen molar-refractivity contribution in [1.82, 2.24) is 5.01 Å². The summed E-state index contributed by atoms with van der Waals surface area (Å²) in [5.41, 5.74) is 1.28.